The minimum atomic E-state index is -0.209. The average Bonchev–Trinajstić information content (AvgIpc) is 2.35. The predicted octanol–water partition coefficient (Wildman–Crippen LogP) is 2.67. The van der Waals surface area contributed by atoms with Crippen LogP contribution in [0.5, 0.6) is 5.75 Å². The minimum Gasteiger partial charge on any atom is -0.497 e. The first-order valence-electron chi connectivity index (χ1n) is 5.99. The molecule has 0 heterocycles. The molecule has 2 unspecified atom stereocenters. The molecule has 94 valence electrons. The maximum Gasteiger partial charge on any atom is 0.120 e. The maximum absolute atomic E-state index is 9.95. The van der Waals surface area contributed by atoms with Gasteiger partial charge < -0.3 is 15.6 Å². The fourth-order valence-corrected chi connectivity index (χ4v) is 3.41. The molecule has 1 aromatic rings. The van der Waals surface area contributed by atoms with Gasteiger partial charge in [0.2, 0.25) is 0 Å². The quantitative estimate of drug-likeness (QED) is 0.813. The zero-order chi connectivity index (χ0) is 12.3. The molecule has 1 aliphatic rings. The highest BCUT2D eigenvalue weighted by Gasteiger charge is 2.24. The standard InChI is InChI=1S/C13H19NO2S/c1-16-9-6-7-10(14)13(8-9)17-12-5-3-2-4-11(12)15/h6-8,11-12,15H,2-5,14H2,1H3. The summed E-state index contributed by atoms with van der Waals surface area (Å²) < 4.78 is 5.19. The molecule has 3 N–H and O–H groups in total. The number of hydrogen-bond donors (Lipinski definition) is 2. The van der Waals surface area contributed by atoms with Gasteiger partial charge >= 0.3 is 0 Å². The molecular formula is C13H19NO2S. The molecule has 0 spiro atoms. The molecule has 17 heavy (non-hydrogen) atoms. The summed E-state index contributed by atoms with van der Waals surface area (Å²) in [4.78, 5) is 1.01. The Labute approximate surface area is 106 Å². The van der Waals surface area contributed by atoms with Crippen molar-refractivity contribution in [2.45, 2.75) is 41.9 Å². The van der Waals surface area contributed by atoms with E-state index in [-0.39, 0.29) is 11.4 Å². The Balaban J connectivity index is 2.11. The van der Waals surface area contributed by atoms with Gasteiger partial charge in [0.15, 0.2) is 0 Å². The molecule has 2 rings (SSSR count). The monoisotopic (exact) mass is 253 g/mol. The Bertz CT molecular complexity index is 384. The van der Waals surface area contributed by atoms with E-state index in [1.807, 2.05) is 18.2 Å². The number of aliphatic hydroxyl groups is 1. The Morgan fingerprint density at radius 1 is 1.35 bits per heavy atom. The number of rotatable bonds is 3. The number of hydrogen-bond acceptors (Lipinski definition) is 4. The summed E-state index contributed by atoms with van der Waals surface area (Å²) in [5.74, 6) is 0.812. The molecule has 0 bridgehead atoms. The van der Waals surface area contributed by atoms with Gasteiger partial charge in [0.25, 0.3) is 0 Å². The van der Waals surface area contributed by atoms with Crippen molar-refractivity contribution in [2.24, 2.45) is 0 Å². The zero-order valence-corrected chi connectivity index (χ0v) is 10.9. The molecule has 1 fully saturated rings. The minimum absolute atomic E-state index is 0.209. The van der Waals surface area contributed by atoms with E-state index in [0.29, 0.717) is 0 Å². The number of benzene rings is 1. The van der Waals surface area contributed by atoms with E-state index in [1.54, 1.807) is 18.9 Å². The number of anilines is 1. The van der Waals surface area contributed by atoms with Gasteiger partial charge in [0, 0.05) is 15.8 Å². The molecule has 1 aliphatic carbocycles. The Kier molecular flexibility index (Phi) is 4.18. The van der Waals surface area contributed by atoms with Crippen molar-refractivity contribution in [2.75, 3.05) is 12.8 Å². The normalized spacial score (nSPS) is 24.6. The average molecular weight is 253 g/mol. The van der Waals surface area contributed by atoms with Gasteiger partial charge in [-0.1, -0.05) is 12.8 Å². The van der Waals surface area contributed by atoms with Gasteiger partial charge in [-0.2, -0.15) is 0 Å². The first-order chi connectivity index (χ1) is 8.20. The smallest absolute Gasteiger partial charge is 0.120 e. The van der Waals surface area contributed by atoms with Crippen LogP contribution in [0.1, 0.15) is 25.7 Å². The highest BCUT2D eigenvalue weighted by molar-refractivity contribution is 8.00. The Morgan fingerprint density at radius 3 is 2.82 bits per heavy atom. The predicted molar refractivity (Wildman–Crippen MR) is 71.5 cm³/mol. The van der Waals surface area contributed by atoms with Gasteiger partial charge in [0.1, 0.15) is 5.75 Å². The van der Waals surface area contributed by atoms with E-state index < -0.39 is 0 Å². The van der Waals surface area contributed by atoms with Gasteiger partial charge in [-0.15, -0.1) is 11.8 Å². The lowest BCUT2D eigenvalue weighted by atomic mass is 9.97. The Hall–Kier alpha value is -0.870. The van der Waals surface area contributed by atoms with Crippen molar-refractivity contribution in [3.05, 3.63) is 18.2 Å². The summed E-state index contributed by atoms with van der Waals surface area (Å²) in [5, 5.41) is 10.2. The topological polar surface area (TPSA) is 55.5 Å². The number of thioether (sulfide) groups is 1. The van der Waals surface area contributed by atoms with Crippen LogP contribution in [0.15, 0.2) is 23.1 Å². The second-order valence-corrected chi connectivity index (χ2v) is 5.69. The van der Waals surface area contributed by atoms with Crippen molar-refractivity contribution in [1.82, 2.24) is 0 Å². The second-order valence-electron chi connectivity index (χ2n) is 4.41. The molecule has 3 nitrogen and oxygen atoms in total. The first kappa shape index (κ1) is 12.6. The SMILES string of the molecule is COc1ccc(N)c(SC2CCCCC2O)c1. The summed E-state index contributed by atoms with van der Waals surface area (Å²) in [7, 11) is 1.65. The summed E-state index contributed by atoms with van der Waals surface area (Å²) >= 11 is 1.67. The molecule has 0 amide bonds. The molecular weight excluding hydrogens is 234 g/mol. The molecule has 2 atom stereocenters. The van der Waals surface area contributed by atoms with Crippen molar-refractivity contribution in [3.8, 4) is 5.75 Å². The molecule has 0 aromatic heterocycles. The molecule has 0 aliphatic heterocycles. The van der Waals surface area contributed by atoms with E-state index in [1.165, 1.54) is 6.42 Å². The lowest BCUT2D eigenvalue weighted by Gasteiger charge is -2.27. The number of nitrogens with two attached hydrogens (primary N) is 1. The first-order valence-corrected chi connectivity index (χ1v) is 6.87. The van der Waals surface area contributed by atoms with Crippen molar-refractivity contribution >= 4 is 17.4 Å². The Morgan fingerprint density at radius 2 is 2.12 bits per heavy atom. The molecule has 0 saturated heterocycles. The van der Waals surface area contributed by atoms with Crippen molar-refractivity contribution in [1.29, 1.82) is 0 Å². The van der Waals surface area contributed by atoms with Crippen molar-refractivity contribution < 1.29 is 9.84 Å². The van der Waals surface area contributed by atoms with Crippen LogP contribution in [0, 0.1) is 0 Å². The maximum atomic E-state index is 9.95. The van der Waals surface area contributed by atoms with Crippen molar-refractivity contribution in [3.63, 3.8) is 0 Å². The van der Waals surface area contributed by atoms with Crippen LogP contribution in [-0.2, 0) is 0 Å². The number of ether oxygens (including phenoxy) is 1. The van der Waals surface area contributed by atoms with Crippen LogP contribution >= 0.6 is 11.8 Å². The fourth-order valence-electron chi connectivity index (χ4n) is 2.12. The lowest BCUT2D eigenvalue weighted by Crippen LogP contribution is -2.26. The van der Waals surface area contributed by atoms with Crippen LogP contribution in [0.4, 0.5) is 5.69 Å². The summed E-state index contributed by atoms with van der Waals surface area (Å²) in [6.07, 6.45) is 4.08. The highest BCUT2D eigenvalue weighted by atomic mass is 32.2. The third kappa shape index (κ3) is 3.07. The molecule has 1 saturated carbocycles. The van der Waals surface area contributed by atoms with Gasteiger partial charge in [-0.05, 0) is 31.0 Å². The summed E-state index contributed by atoms with van der Waals surface area (Å²) in [6.45, 7) is 0. The van der Waals surface area contributed by atoms with Crippen LogP contribution < -0.4 is 10.5 Å². The number of aliphatic hydroxyl groups excluding tert-OH is 1. The fraction of sp³-hybridized carbons (Fsp3) is 0.538. The third-order valence-corrected chi connectivity index (χ3v) is 4.63. The van der Waals surface area contributed by atoms with Crippen LogP contribution in [-0.4, -0.2) is 23.6 Å². The number of methoxy groups -OCH3 is 1. The second kappa shape index (κ2) is 5.65. The van der Waals surface area contributed by atoms with Gasteiger partial charge in [0.05, 0.1) is 13.2 Å². The third-order valence-electron chi connectivity index (χ3n) is 3.17. The highest BCUT2D eigenvalue weighted by Crippen LogP contribution is 2.37. The van der Waals surface area contributed by atoms with Crippen LogP contribution in [0.25, 0.3) is 0 Å². The number of nitrogen functional groups attached to an aromatic ring is 1. The lowest BCUT2D eigenvalue weighted by molar-refractivity contribution is 0.137. The zero-order valence-electron chi connectivity index (χ0n) is 10.1. The van der Waals surface area contributed by atoms with Crippen LogP contribution in [0.3, 0.4) is 0 Å². The summed E-state index contributed by atoms with van der Waals surface area (Å²) in [6, 6.07) is 5.66. The van der Waals surface area contributed by atoms with E-state index in [2.05, 4.69) is 0 Å². The molecule has 4 heteroatoms. The van der Waals surface area contributed by atoms with Crippen LogP contribution in [0.2, 0.25) is 0 Å². The largest absolute Gasteiger partial charge is 0.497 e. The van der Waals surface area contributed by atoms with E-state index in [9.17, 15) is 5.11 Å². The van der Waals surface area contributed by atoms with Gasteiger partial charge in [-0.3, -0.25) is 0 Å². The van der Waals surface area contributed by atoms with Gasteiger partial charge in [-0.25, -0.2) is 0 Å². The van der Waals surface area contributed by atoms with E-state index in [0.717, 1.165) is 35.6 Å². The molecule has 0 radical (unpaired) electrons. The molecule has 1 aromatic carbocycles. The van der Waals surface area contributed by atoms with E-state index in [4.69, 9.17) is 10.5 Å². The van der Waals surface area contributed by atoms with E-state index >= 15 is 0 Å². The summed E-state index contributed by atoms with van der Waals surface area (Å²) in [5.41, 5.74) is 6.71.